The third-order valence-corrected chi connectivity index (χ3v) is 3.88. The second kappa shape index (κ2) is 7.41. The lowest BCUT2D eigenvalue weighted by molar-refractivity contribution is 0.844. The van der Waals surface area contributed by atoms with E-state index >= 15 is 0 Å². The predicted molar refractivity (Wildman–Crippen MR) is 91.8 cm³/mol. The van der Waals surface area contributed by atoms with E-state index < -0.39 is 0 Å². The zero-order valence-corrected chi connectivity index (χ0v) is 14.3. The Bertz CT molecular complexity index is 583. The highest BCUT2D eigenvalue weighted by Gasteiger charge is 2.13. The molecule has 0 spiro atoms. The number of aromatic nitrogens is 2. The first kappa shape index (κ1) is 15.8. The standard InChI is InChI=1S/C16H21BrN4/c1-4-5-14-15(18-2)19-11-20-16(14)21(3)10-12-6-8-13(17)9-7-12/h6-9,11H,4-5,10H2,1-3H3,(H,18,19,20). The maximum absolute atomic E-state index is 4.49. The van der Waals surface area contributed by atoms with Gasteiger partial charge in [0.25, 0.3) is 0 Å². The van der Waals surface area contributed by atoms with E-state index in [1.165, 1.54) is 11.1 Å². The number of anilines is 2. The lowest BCUT2D eigenvalue weighted by Gasteiger charge is -2.22. The van der Waals surface area contributed by atoms with Gasteiger partial charge in [-0.15, -0.1) is 0 Å². The molecule has 112 valence electrons. The topological polar surface area (TPSA) is 41.1 Å². The zero-order valence-electron chi connectivity index (χ0n) is 12.7. The molecular formula is C16H21BrN4. The Labute approximate surface area is 134 Å². The van der Waals surface area contributed by atoms with Crippen LogP contribution in [0.25, 0.3) is 0 Å². The zero-order chi connectivity index (χ0) is 15.2. The molecule has 0 atom stereocenters. The molecule has 1 N–H and O–H groups in total. The molecule has 0 saturated carbocycles. The SMILES string of the molecule is CCCc1c(NC)ncnc1N(C)Cc1ccc(Br)cc1. The van der Waals surface area contributed by atoms with Crippen LogP contribution in [0.5, 0.6) is 0 Å². The van der Waals surface area contributed by atoms with E-state index in [0.29, 0.717) is 0 Å². The third kappa shape index (κ3) is 3.94. The van der Waals surface area contributed by atoms with Crippen molar-refractivity contribution in [2.45, 2.75) is 26.3 Å². The van der Waals surface area contributed by atoms with Gasteiger partial charge in [0.2, 0.25) is 0 Å². The monoisotopic (exact) mass is 348 g/mol. The first-order chi connectivity index (χ1) is 10.2. The number of hydrogen-bond acceptors (Lipinski definition) is 4. The smallest absolute Gasteiger partial charge is 0.137 e. The number of hydrogen-bond donors (Lipinski definition) is 1. The number of halogens is 1. The Morgan fingerprint density at radius 1 is 1.19 bits per heavy atom. The van der Waals surface area contributed by atoms with Crippen LogP contribution in [0, 0.1) is 0 Å². The van der Waals surface area contributed by atoms with E-state index in [1.54, 1.807) is 6.33 Å². The molecule has 1 heterocycles. The van der Waals surface area contributed by atoms with Crippen LogP contribution in [-0.2, 0) is 13.0 Å². The van der Waals surface area contributed by atoms with Crippen molar-refractivity contribution in [3.63, 3.8) is 0 Å². The van der Waals surface area contributed by atoms with Gasteiger partial charge in [0, 0.05) is 30.7 Å². The van der Waals surface area contributed by atoms with Crippen molar-refractivity contribution in [2.24, 2.45) is 0 Å². The fourth-order valence-electron chi connectivity index (χ4n) is 2.37. The summed E-state index contributed by atoms with van der Waals surface area (Å²) in [4.78, 5) is 11.0. The van der Waals surface area contributed by atoms with Crippen molar-refractivity contribution in [3.8, 4) is 0 Å². The molecule has 0 amide bonds. The molecular weight excluding hydrogens is 328 g/mol. The molecule has 0 aliphatic carbocycles. The predicted octanol–water partition coefficient (Wildman–Crippen LogP) is 3.87. The number of benzene rings is 1. The summed E-state index contributed by atoms with van der Waals surface area (Å²) in [6.45, 7) is 3.00. The molecule has 0 bridgehead atoms. The Morgan fingerprint density at radius 3 is 2.52 bits per heavy atom. The third-order valence-electron chi connectivity index (χ3n) is 3.35. The molecule has 0 unspecified atom stereocenters. The van der Waals surface area contributed by atoms with Crippen molar-refractivity contribution >= 4 is 27.6 Å². The molecule has 1 aromatic carbocycles. The van der Waals surface area contributed by atoms with Crippen LogP contribution in [0.2, 0.25) is 0 Å². The summed E-state index contributed by atoms with van der Waals surface area (Å²) in [5, 5.41) is 3.16. The fourth-order valence-corrected chi connectivity index (χ4v) is 2.63. The fraction of sp³-hybridized carbons (Fsp3) is 0.375. The molecule has 0 aliphatic rings. The molecule has 1 aromatic heterocycles. The quantitative estimate of drug-likeness (QED) is 0.860. The summed E-state index contributed by atoms with van der Waals surface area (Å²) in [6, 6.07) is 8.38. The van der Waals surface area contributed by atoms with Crippen LogP contribution in [0.3, 0.4) is 0 Å². The normalized spacial score (nSPS) is 10.5. The maximum Gasteiger partial charge on any atom is 0.137 e. The average molecular weight is 349 g/mol. The summed E-state index contributed by atoms with van der Waals surface area (Å²) in [5.74, 6) is 1.92. The summed E-state index contributed by atoms with van der Waals surface area (Å²) in [5.41, 5.74) is 2.44. The van der Waals surface area contributed by atoms with Crippen molar-refractivity contribution < 1.29 is 0 Å². The highest BCUT2D eigenvalue weighted by Crippen LogP contribution is 2.25. The summed E-state index contributed by atoms with van der Waals surface area (Å²) < 4.78 is 1.10. The average Bonchev–Trinajstić information content (AvgIpc) is 2.50. The van der Waals surface area contributed by atoms with Gasteiger partial charge in [-0.25, -0.2) is 9.97 Å². The lowest BCUT2D eigenvalue weighted by atomic mass is 10.1. The molecule has 0 aliphatic heterocycles. The van der Waals surface area contributed by atoms with Gasteiger partial charge < -0.3 is 10.2 Å². The lowest BCUT2D eigenvalue weighted by Crippen LogP contribution is -2.20. The summed E-state index contributed by atoms with van der Waals surface area (Å²) >= 11 is 3.47. The molecule has 0 radical (unpaired) electrons. The Morgan fingerprint density at radius 2 is 1.90 bits per heavy atom. The second-order valence-electron chi connectivity index (χ2n) is 5.01. The van der Waals surface area contributed by atoms with E-state index in [9.17, 15) is 0 Å². The van der Waals surface area contributed by atoms with Crippen molar-refractivity contribution in [1.82, 2.24) is 9.97 Å². The Hall–Kier alpha value is -1.62. The molecule has 21 heavy (non-hydrogen) atoms. The molecule has 5 heteroatoms. The molecule has 0 saturated heterocycles. The van der Waals surface area contributed by atoms with Crippen LogP contribution in [0.1, 0.15) is 24.5 Å². The van der Waals surface area contributed by atoms with E-state index in [2.05, 4.69) is 74.4 Å². The molecule has 0 fully saturated rings. The highest BCUT2D eigenvalue weighted by atomic mass is 79.9. The number of rotatable bonds is 6. The molecule has 2 aromatic rings. The van der Waals surface area contributed by atoms with Crippen LogP contribution < -0.4 is 10.2 Å². The number of nitrogens with zero attached hydrogens (tertiary/aromatic N) is 3. The van der Waals surface area contributed by atoms with E-state index in [1.807, 2.05) is 7.05 Å². The van der Waals surface area contributed by atoms with E-state index in [0.717, 1.165) is 35.5 Å². The van der Waals surface area contributed by atoms with Crippen LogP contribution >= 0.6 is 15.9 Å². The van der Waals surface area contributed by atoms with Crippen LogP contribution in [0.15, 0.2) is 35.1 Å². The summed E-state index contributed by atoms with van der Waals surface area (Å²) in [6.07, 6.45) is 3.66. The largest absolute Gasteiger partial charge is 0.373 e. The highest BCUT2D eigenvalue weighted by molar-refractivity contribution is 9.10. The van der Waals surface area contributed by atoms with Crippen LogP contribution in [0.4, 0.5) is 11.6 Å². The van der Waals surface area contributed by atoms with E-state index in [4.69, 9.17) is 0 Å². The summed E-state index contributed by atoms with van der Waals surface area (Å²) in [7, 11) is 3.98. The van der Waals surface area contributed by atoms with Crippen molar-refractivity contribution in [1.29, 1.82) is 0 Å². The van der Waals surface area contributed by atoms with Crippen molar-refractivity contribution in [2.75, 3.05) is 24.3 Å². The Balaban J connectivity index is 2.25. The van der Waals surface area contributed by atoms with Gasteiger partial charge in [0.05, 0.1) is 0 Å². The molecule has 2 rings (SSSR count). The first-order valence-corrected chi connectivity index (χ1v) is 7.92. The first-order valence-electron chi connectivity index (χ1n) is 7.13. The molecule has 4 nitrogen and oxygen atoms in total. The van der Waals surface area contributed by atoms with Gasteiger partial charge in [-0.2, -0.15) is 0 Å². The van der Waals surface area contributed by atoms with Gasteiger partial charge in [0.1, 0.15) is 18.0 Å². The van der Waals surface area contributed by atoms with Gasteiger partial charge in [-0.3, -0.25) is 0 Å². The number of nitrogens with one attached hydrogen (secondary N) is 1. The Kier molecular flexibility index (Phi) is 5.56. The minimum Gasteiger partial charge on any atom is -0.373 e. The van der Waals surface area contributed by atoms with E-state index in [-0.39, 0.29) is 0 Å². The van der Waals surface area contributed by atoms with Gasteiger partial charge >= 0.3 is 0 Å². The van der Waals surface area contributed by atoms with Crippen molar-refractivity contribution in [3.05, 3.63) is 46.2 Å². The van der Waals surface area contributed by atoms with Gasteiger partial charge in [-0.1, -0.05) is 41.4 Å². The minimum absolute atomic E-state index is 0.824. The minimum atomic E-state index is 0.824. The second-order valence-corrected chi connectivity index (χ2v) is 5.92. The van der Waals surface area contributed by atoms with Gasteiger partial charge in [-0.05, 0) is 24.1 Å². The maximum atomic E-state index is 4.49. The van der Waals surface area contributed by atoms with Gasteiger partial charge in [0.15, 0.2) is 0 Å². The van der Waals surface area contributed by atoms with Crippen LogP contribution in [-0.4, -0.2) is 24.1 Å².